The summed E-state index contributed by atoms with van der Waals surface area (Å²) >= 11 is 0. The third-order valence-electron chi connectivity index (χ3n) is 1.15. The molecule has 0 aliphatic rings. The molecule has 5 heteroatoms. The zero-order chi connectivity index (χ0) is 8.43. The molecule has 0 spiro atoms. The third-order valence-corrected chi connectivity index (χ3v) is 1.15. The Morgan fingerprint density at radius 3 is 2.73 bits per heavy atom. The maximum Gasteiger partial charge on any atom is 0.324 e. The van der Waals surface area contributed by atoms with E-state index in [0.717, 1.165) is 22.9 Å². The van der Waals surface area contributed by atoms with Gasteiger partial charge in [-0.25, -0.2) is 9.18 Å². The molecule has 0 radical (unpaired) electrons. The number of rotatable bonds is 0. The summed E-state index contributed by atoms with van der Waals surface area (Å²) in [5.41, 5.74) is 4.68. The minimum atomic E-state index is -0.866. The van der Waals surface area contributed by atoms with Crippen LogP contribution in [-0.4, -0.2) is 10.6 Å². The van der Waals surface area contributed by atoms with E-state index in [-0.39, 0.29) is 5.49 Å². The van der Waals surface area contributed by atoms with Crippen molar-refractivity contribution in [3.05, 3.63) is 29.6 Å². The number of carbonyl (C=O) groups excluding carboxylic acids is 1. The van der Waals surface area contributed by atoms with Crippen LogP contribution < -0.4 is 11.2 Å². The first-order chi connectivity index (χ1) is 5.11. The Balaban J connectivity index is 3.35. The average Bonchev–Trinajstić information content (AvgIpc) is 1.94. The summed E-state index contributed by atoms with van der Waals surface area (Å²) < 4.78 is 13.1. The van der Waals surface area contributed by atoms with Crippen molar-refractivity contribution >= 4 is 6.03 Å². The summed E-state index contributed by atoms with van der Waals surface area (Å²) in [5, 5.41) is 7.09. The van der Waals surface area contributed by atoms with Gasteiger partial charge < -0.3 is 5.73 Å². The van der Waals surface area contributed by atoms with Gasteiger partial charge in [0.05, 0.1) is 6.20 Å². The lowest BCUT2D eigenvalue weighted by Crippen LogP contribution is -2.30. The second-order valence-electron chi connectivity index (χ2n) is 1.94. The molecule has 0 unspecified atom stereocenters. The highest BCUT2D eigenvalue weighted by Gasteiger charge is 1.98. The minimum absolute atomic E-state index is 0.140. The SMILES string of the molecule is N=c1ccc(F)cn1C(N)=O. The molecule has 0 saturated carbocycles. The van der Waals surface area contributed by atoms with Crippen molar-refractivity contribution in [3.63, 3.8) is 0 Å². The Hall–Kier alpha value is -1.65. The van der Waals surface area contributed by atoms with Gasteiger partial charge in [-0.1, -0.05) is 0 Å². The first-order valence-electron chi connectivity index (χ1n) is 2.84. The number of aromatic nitrogens is 1. The number of amides is 1. The van der Waals surface area contributed by atoms with Gasteiger partial charge in [-0.15, -0.1) is 0 Å². The molecule has 4 nitrogen and oxygen atoms in total. The predicted octanol–water partition coefficient (Wildman–Crippen LogP) is 0.0335. The molecule has 1 aromatic heterocycles. The Kier molecular flexibility index (Phi) is 1.72. The van der Waals surface area contributed by atoms with Crippen LogP contribution in [0.15, 0.2) is 18.3 Å². The molecule has 1 amide bonds. The van der Waals surface area contributed by atoms with Crippen molar-refractivity contribution in [2.75, 3.05) is 0 Å². The number of nitrogens with two attached hydrogens (primary N) is 1. The lowest BCUT2D eigenvalue weighted by molar-refractivity contribution is 0.249. The largest absolute Gasteiger partial charge is 0.351 e. The number of halogens is 1. The van der Waals surface area contributed by atoms with Crippen LogP contribution in [0.3, 0.4) is 0 Å². The van der Waals surface area contributed by atoms with E-state index in [1.54, 1.807) is 0 Å². The van der Waals surface area contributed by atoms with Crippen molar-refractivity contribution in [1.29, 1.82) is 5.41 Å². The fraction of sp³-hybridized carbons (Fsp3) is 0. The summed E-state index contributed by atoms with van der Waals surface area (Å²) in [6.07, 6.45) is 0.866. The van der Waals surface area contributed by atoms with Gasteiger partial charge in [-0.05, 0) is 12.1 Å². The molecule has 0 aliphatic heterocycles. The van der Waals surface area contributed by atoms with Crippen molar-refractivity contribution in [3.8, 4) is 0 Å². The van der Waals surface area contributed by atoms with Gasteiger partial charge in [0.1, 0.15) is 11.3 Å². The van der Waals surface area contributed by atoms with Gasteiger partial charge in [0.15, 0.2) is 0 Å². The van der Waals surface area contributed by atoms with Crippen LogP contribution in [0.2, 0.25) is 0 Å². The maximum absolute atomic E-state index is 12.4. The Labute approximate surface area is 61.6 Å². The third kappa shape index (κ3) is 1.43. The van der Waals surface area contributed by atoms with Gasteiger partial charge in [0.25, 0.3) is 0 Å². The highest BCUT2D eigenvalue weighted by Crippen LogP contribution is 1.89. The van der Waals surface area contributed by atoms with Crippen LogP contribution in [0, 0.1) is 11.2 Å². The maximum atomic E-state index is 12.4. The van der Waals surface area contributed by atoms with Crippen LogP contribution in [0.1, 0.15) is 0 Å². The topological polar surface area (TPSA) is 71.9 Å². The quantitative estimate of drug-likeness (QED) is 0.545. The summed E-state index contributed by atoms with van der Waals surface area (Å²) in [7, 11) is 0. The molecule has 1 aromatic rings. The molecule has 11 heavy (non-hydrogen) atoms. The van der Waals surface area contributed by atoms with Gasteiger partial charge >= 0.3 is 6.03 Å². The standard InChI is InChI=1S/C6H6FN3O/c7-4-1-2-5(8)10(3-4)6(9)11/h1-3,8H,(H2,9,11). The smallest absolute Gasteiger partial charge is 0.324 e. The highest BCUT2D eigenvalue weighted by atomic mass is 19.1. The van der Waals surface area contributed by atoms with E-state index in [0.29, 0.717) is 0 Å². The molecule has 58 valence electrons. The zero-order valence-electron chi connectivity index (χ0n) is 5.54. The Morgan fingerprint density at radius 1 is 1.64 bits per heavy atom. The molecule has 3 N–H and O–H groups in total. The highest BCUT2D eigenvalue weighted by molar-refractivity contribution is 5.74. The van der Waals surface area contributed by atoms with E-state index in [1.165, 1.54) is 0 Å². The summed E-state index contributed by atoms with van der Waals surface area (Å²) in [6.45, 7) is 0. The Bertz CT molecular complexity index is 344. The van der Waals surface area contributed by atoms with Crippen molar-refractivity contribution in [1.82, 2.24) is 4.57 Å². The number of hydrogen-bond donors (Lipinski definition) is 2. The van der Waals surface area contributed by atoms with Crippen LogP contribution in [0.25, 0.3) is 0 Å². The molecule has 0 atom stereocenters. The van der Waals surface area contributed by atoms with Gasteiger partial charge in [-0.2, -0.15) is 0 Å². The zero-order valence-corrected chi connectivity index (χ0v) is 5.54. The summed E-state index contributed by atoms with van der Waals surface area (Å²) in [4.78, 5) is 10.5. The fourth-order valence-electron chi connectivity index (χ4n) is 0.657. The number of nitrogens with one attached hydrogen (secondary N) is 1. The van der Waals surface area contributed by atoms with E-state index < -0.39 is 11.8 Å². The molecule has 0 saturated heterocycles. The molecule has 0 aromatic carbocycles. The van der Waals surface area contributed by atoms with Crippen LogP contribution in [0.4, 0.5) is 9.18 Å². The van der Waals surface area contributed by atoms with Gasteiger partial charge in [0, 0.05) is 0 Å². The normalized spacial score (nSPS) is 9.55. The van der Waals surface area contributed by atoms with E-state index in [1.807, 2.05) is 0 Å². The summed E-state index contributed by atoms with van der Waals surface area (Å²) in [5.74, 6) is -0.597. The molecule has 0 fully saturated rings. The number of hydrogen-bond acceptors (Lipinski definition) is 2. The number of carbonyl (C=O) groups is 1. The van der Waals surface area contributed by atoms with Crippen LogP contribution in [-0.2, 0) is 0 Å². The molecule has 0 aliphatic carbocycles. The lowest BCUT2D eigenvalue weighted by atomic mass is 10.4. The first-order valence-corrected chi connectivity index (χ1v) is 2.84. The molecule has 1 heterocycles. The number of primary amides is 1. The second-order valence-corrected chi connectivity index (χ2v) is 1.94. The molecular formula is C6H6FN3O. The lowest BCUT2D eigenvalue weighted by Gasteiger charge is -1.98. The van der Waals surface area contributed by atoms with Crippen LogP contribution >= 0.6 is 0 Å². The van der Waals surface area contributed by atoms with Crippen LogP contribution in [0.5, 0.6) is 0 Å². The van der Waals surface area contributed by atoms with Crippen molar-refractivity contribution in [2.24, 2.45) is 5.73 Å². The Morgan fingerprint density at radius 2 is 2.27 bits per heavy atom. The van der Waals surface area contributed by atoms with Gasteiger partial charge in [-0.3, -0.25) is 9.98 Å². The predicted molar refractivity (Wildman–Crippen MR) is 35.2 cm³/mol. The molecular weight excluding hydrogens is 149 g/mol. The van der Waals surface area contributed by atoms with E-state index in [4.69, 9.17) is 11.1 Å². The summed E-state index contributed by atoms with van der Waals surface area (Å²) in [6, 6.07) is 1.37. The monoisotopic (exact) mass is 155 g/mol. The first kappa shape index (κ1) is 7.46. The van der Waals surface area contributed by atoms with E-state index in [2.05, 4.69) is 0 Å². The van der Waals surface area contributed by atoms with Gasteiger partial charge in [0.2, 0.25) is 0 Å². The molecule has 0 bridgehead atoms. The number of pyridine rings is 1. The average molecular weight is 155 g/mol. The number of nitrogens with zero attached hydrogens (tertiary/aromatic N) is 1. The van der Waals surface area contributed by atoms with Crippen molar-refractivity contribution in [2.45, 2.75) is 0 Å². The minimum Gasteiger partial charge on any atom is -0.351 e. The van der Waals surface area contributed by atoms with Crippen molar-refractivity contribution < 1.29 is 9.18 Å². The fourth-order valence-corrected chi connectivity index (χ4v) is 0.657. The van der Waals surface area contributed by atoms with E-state index in [9.17, 15) is 9.18 Å². The molecule has 1 rings (SSSR count). The second kappa shape index (κ2) is 2.53. The van der Waals surface area contributed by atoms with E-state index >= 15 is 0 Å².